The molecule has 1 aliphatic rings. The van der Waals surface area contributed by atoms with Crippen molar-refractivity contribution in [3.8, 4) is 11.3 Å². The summed E-state index contributed by atoms with van der Waals surface area (Å²) in [5.41, 5.74) is 10.7. The summed E-state index contributed by atoms with van der Waals surface area (Å²) < 4.78 is 33.9. The molecule has 0 aliphatic heterocycles. The number of hydrogen-bond donors (Lipinski definition) is 3. The molecule has 0 amide bonds. The van der Waals surface area contributed by atoms with Gasteiger partial charge in [0.25, 0.3) is 5.56 Å². The molecule has 0 fully saturated rings. The van der Waals surface area contributed by atoms with E-state index in [0.29, 0.717) is 35.3 Å². The second-order valence-corrected chi connectivity index (χ2v) is 8.06. The number of aliphatic carboxylic acids is 1. The van der Waals surface area contributed by atoms with Crippen LogP contribution in [0.15, 0.2) is 47.4 Å². The number of fused-ring (bicyclic) bond motifs is 3. The standard InChI is InChI=1S/C22H20N4O2.C2HF3O2/c23-8-3-9-26-12-16(14-4-1-2-5-19(14)26)21-22(28)25-18-11-15-13(6-7-20(15)27)10-17(18)24-21;3-2(4,5)1(6)7/h1-2,4-5,10-12H,3,6-9,23H2,(H,25,28);(H,6,7). The number of carbonyl (C=O) groups excluding carboxylic acids is 1. The minimum atomic E-state index is -5.08. The minimum Gasteiger partial charge on any atom is -0.475 e. The quantitative estimate of drug-likeness (QED) is 0.404. The first-order chi connectivity index (χ1) is 16.6. The fourth-order valence-electron chi connectivity index (χ4n) is 4.09. The van der Waals surface area contributed by atoms with Gasteiger partial charge in [0, 0.05) is 41.2 Å². The maximum Gasteiger partial charge on any atom is 0.490 e. The molecule has 182 valence electrons. The van der Waals surface area contributed by atoms with Gasteiger partial charge >= 0.3 is 12.1 Å². The van der Waals surface area contributed by atoms with Crippen molar-refractivity contribution < 1.29 is 27.9 Å². The third-order valence-corrected chi connectivity index (χ3v) is 5.73. The molecule has 0 radical (unpaired) electrons. The Morgan fingerprint density at radius 2 is 1.86 bits per heavy atom. The van der Waals surface area contributed by atoms with E-state index in [9.17, 15) is 22.8 Å². The average molecular weight is 486 g/mol. The first-order valence-electron chi connectivity index (χ1n) is 10.8. The number of nitrogens with one attached hydrogen (secondary N) is 1. The highest BCUT2D eigenvalue weighted by molar-refractivity contribution is 6.03. The monoisotopic (exact) mass is 486 g/mol. The van der Waals surface area contributed by atoms with E-state index in [1.54, 1.807) is 6.07 Å². The molecule has 0 bridgehead atoms. The van der Waals surface area contributed by atoms with Crippen molar-refractivity contribution in [2.24, 2.45) is 5.73 Å². The summed E-state index contributed by atoms with van der Waals surface area (Å²) in [6.45, 7) is 1.40. The average Bonchev–Trinajstić information content (AvgIpc) is 3.36. The number of aromatic nitrogens is 3. The van der Waals surface area contributed by atoms with Crippen molar-refractivity contribution in [3.05, 3.63) is 64.1 Å². The summed E-state index contributed by atoms with van der Waals surface area (Å²) in [7, 11) is 0. The molecule has 0 spiro atoms. The third-order valence-electron chi connectivity index (χ3n) is 5.73. The van der Waals surface area contributed by atoms with Gasteiger partial charge in [-0.15, -0.1) is 0 Å². The Balaban J connectivity index is 0.000000364. The van der Waals surface area contributed by atoms with Gasteiger partial charge in [-0.05, 0) is 43.1 Å². The van der Waals surface area contributed by atoms with E-state index in [0.717, 1.165) is 41.4 Å². The van der Waals surface area contributed by atoms with Crippen LogP contribution in [0.1, 0.15) is 28.8 Å². The van der Waals surface area contributed by atoms with Crippen molar-refractivity contribution in [1.29, 1.82) is 0 Å². The predicted molar refractivity (Wildman–Crippen MR) is 123 cm³/mol. The van der Waals surface area contributed by atoms with Crippen molar-refractivity contribution in [2.45, 2.75) is 32.0 Å². The Kier molecular flexibility index (Phi) is 6.44. The van der Waals surface area contributed by atoms with E-state index >= 15 is 0 Å². The van der Waals surface area contributed by atoms with Crippen LogP contribution in [0.5, 0.6) is 0 Å². The van der Waals surface area contributed by atoms with Gasteiger partial charge in [-0.2, -0.15) is 13.2 Å². The van der Waals surface area contributed by atoms with Crippen LogP contribution in [-0.2, 0) is 17.8 Å². The molecule has 35 heavy (non-hydrogen) atoms. The molecule has 0 atom stereocenters. The maximum absolute atomic E-state index is 12.9. The molecule has 4 N–H and O–H groups in total. The van der Waals surface area contributed by atoms with Crippen molar-refractivity contribution in [2.75, 3.05) is 6.54 Å². The zero-order valence-electron chi connectivity index (χ0n) is 18.4. The van der Waals surface area contributed by atoms with Gasteiger partial charge in [0.05, 0.1) is 11.0 Å². The molecule has 0 saturated carbocycles. The summed E-state index contributed by atoms with van der Waals surface area (Å²) in [5.74, 6) is -2.63. The van der Waals surface area contributed by atoms with Gasteiger partial charge in [0.1, 0.15) is 5.69 Å². The Morgan fingerprint density at radius 3 is 2.54 bits per heavy atom. The highest BCUT2D eigenvalue weighted by Gasteiger charge is 2.38. The first kappa shape index (κ1) is 24.1. The maximum atomic E-state index is 12.9. The molecule has 8 nitrogen and oxygen atoms in total. The molecule has 2 aromatic carbocycles. The van der Waals surface area contributed by atoms with Gasteiger partial charge in [0.15, 0.2) is 5.78 Å². The summed E-state index contributed by atoms with van der Waals surface area (Å²) in [6.07, 6.45) is -0.976. The number of halogens is 3. The number of nitrogens with two attached hydrogens (primary N) is 1. The lowest BCUT2D eigenvalue weighted by atomic mass is 10.1. The molecule has 1 aliphatic carbocycles. The lowest BCUT2D eigenvalue weighted by Crippen LogP contribution is -2.21. The van der Waals surface area contributed by atoms with Crippen molar-refractivity contribution in [1.82, 2.24) is 14.5 Å². The molecule has 4 aromatic rings. The van der Waals surface area contributed by atoms with E-state index in [4.69, 9.17) is 20.6 Å². The number of aromatic amines is 1. The number of carboxylic acids is 1. The number of alkyl halides is 3. The summed E-state index contributed by atoms with van der Waals surface area (Å²) in [6, 6.07) is 11.7. The van der Waals surface area contributed by atoms with Crippen LogP contribution < -0.4 is 11.3 Å². The lowest BCUT2D eigenvalue weighted by Gasteiger charge is -2.05. The van der Waals surface area contributed by atoms with Crippen LogP contribution in [0.25, 0.3) is 33.2 Å². The van der Waals surface area contributed by atoms with Crippen molar-refractivity contribution in [3.63, 3.8) is 0 Å². The van der Waals surface area contributed by atoms with Crippen LogP contribution in [0.3, 0.4) is 0 Å². The number of aryl methyl sites for hydroxylation is 2. The van der Waals surface area contributed by atoms with E-state index in [1.807, 2.05) is 36.5 Å². The third kappa shape index (κ3) is 4.80. The second-order valence-electron chi connectivity index (χ2n) is 8.06. The molecular weight excluding hydrogens is 465 g/mol. The SMILES string of the molecule is NCCCn1cc(-c2nc3cc4c(cc3[nH]c2=O)C(=O)CC4)c2ccccc21.O=C(O)C(F)(F)F. The van der Waals surface area contributed by atoms with Gasteiger partial charge < -0.3 is 20.4 Å². The Bertz CT molecular complexity index is 1500. The van der Waals surface area contributed by atoms with Gasteiger partial charge in [-0.25, -0.2) is 9.78 Å². The Labute approximate surface area is 196 Å². The molecule has 2 aromatic heterocycles. The highest BCUT2D eigenvalue weighted by Crippen LogP contribution is 2.30. The number of nitrogens with zero attached hydrogens (tertiary/aromatic N) is 2. The normalized spacial score (nSPS) is 13.1. The first-order valence-corrected chi connectivity index (χ1v) is 10.8. The zero-order valence-corrected chi connectivity index (χ0v) is 18.4. The largest absolute Gasteiger partial charge is 0.490 e. The number of rotatable bonds is 4. The van der Waals surface area contributed by atoms with Gasteiger partial charge in [0.2, 0.25) is 0 Å². The Morgan fingerprint density at radius 1 is 1.14 bits per heavy atom. The van der Waals surface area contributed by atoms with E-state index in [1.165, 1.54) is 0 Å². The Hall–Kier alpha value is -3.99. The minimum absolute atomic E-state index is 0.129. The number of ketones is 1. The smallest absolute Gasteiger partial charge is 0.475 e. The van der Waals surface area contributed by atoms with Gasteiger partial charge in [-0.3, -0.25) is 9.59 Å². The second kappa shape index (κ2) is 9.34. The molecular formula is C24H21F3N4O4. The zero-order chi connectivity index (χ0) is 25.3. The van der Waals surface area contributed by atoms with Crippen LogP contribution >= 0.6 is 0 Å². The number of carboxylic acid groups (broad SMARTS) is 1. The summed E-state index contributed by atoms with van der Waals surface area (Å²) >= 11 is 0. The van der Waals surface area contributed by atoms with Gasteiger partial charge in [-0.1, -0.05) is 18.2 Å². The number of para-hydroxylation sites is 1. The van der Waals surface area contributed by atoms with Crippen LogP contribution in [0, 0.1) is 0 Å². The molecule has 5 rings (SSSR count). The number of carbonyl (C=O) groups is 2. The molecule has 11 heteroatoms. The number of benzene rings is 2. The molecule has 0 unspecified atom stereocenters. The fourth-order valence-corrected chi connectivity index (χ4v) is 4.09. The van der Waals surface area contributed by atoms with E-state index in [-0.39, 0.29) is 11.3 Å². The highest BCUT2D eigenvalue weighted by atomic mass is 19.4. The topological polar surface area (TPSA) is 131 Å². The van der Waals surface area contributed by atoms with E-state index in [2.05, 4.69) is 9.55 Å². The van der Waals surface area contributed by atoms with E-state index < -0.39 is 12.1 Å². The number of Topliss-reactive ketones (excluding diaryl/α,β-unsaturated/α-hetero) is 1. The van der Waals surface area contributed by atoms with Crippen LogP contribution in [0.2, 0.25) is 0 Å². The lowest BCUT2D eigenvalue weighted by molar-refractivity contribution is -0.192. The molecule has 2 heterocycles. The number of H-pyrrole nitrogens is 1. The van der Waals surface area contributed by atoms with Crippen LogP contribution in [0.4, 0.5) is 13.2 Å². The summed E-state index contributed by atoms with van der Waals surface area (Å²) in [5, 5.41) is 8.12. The fraction of sp³-hybridized carbons (Fsp3) is 0.250. The van der Waals surface area contributed by atoms with Crippen molar-refractivity contribution >= 4 is 33.7 Å². The predicted octanol–water partition coefficient (Wildman–Crippen LogP) is 3.66. The van der Waals surface area contributed by atoms with Crippen LogP contribution in [-0.4, -0.2) is 44.1 Å². The summed E-state index contributed by atoms with van der Waals surface area (Å²) in [4.78, 5) is 41.4. The number of hydrogen-bond acceptors (Lipinski definition) is 5. The molecule has 0 saturated heterocycles.